The molecule has 0 radical (unpaired) electrons. The number of carbonyl (C=O) groups is 1. The van der Waals surface area contributed by atoms with Crippen LogP contribution < -0.4 is 0 Å². The van der Waals surface area contributed by atoms with Crippen LogP contribution in [0.2, 0.25) is 0 Å². The summed E-state index contributed by atoms with van der Waals surface area (Å²) in [6.07, 6.45) is 1.72. The molecule has 0 bridgehead atoms. The average Bonchev–Trinajstić information content (AvgIpc) is 2.62. The fraction of sp³-hybridized carbons (Fsp3) is 0. The number of ketones is 1. The topological polar surface area (TPSA) is 49.7 Å². The maximum atomic E-state index is 12.3. The van der Waals surface area contributed by atoms with Crippen molar-refractivity contribution in [3.8, 4) is 5.75 Å². The maximum absolute atomic E-state index is 12.3. The predicted octanol–water partition coefficient (Wildman–Crippen LogP) is 4.37. The van der Waals surface area contributed by atoms with Gasteiger partial charge in [0.2, 0.25) is 0 Å². The summed E-state index contributed by atoms with van der Waals surface area (Å²) in [5.74, 6) is 0.227. The molecule has 23 heavy (non-hydrogen) atoms. The molecule has 3 rings (SSSR count). The second-order valence-electron chi connectivity index (χ2n) is 5.09. The zero-order valence-corrected chi connectivity index (χ0v) is 12.4. The lowest BCUT2D eigenvalue weighted by atomic mass is 10.0. The fourth-order valence-corrected chi connectivity index (χ4v) is 2.16. The number of benzene rings is 3. The van der Waals surface area contributed by atoms with E-state index in [1.807, 2.05) is 30.3 Å². The number of phenolic OH excluding ortho intramolecular Hbond substituents is 1. The molecular formula is C20H15NO2. The van der Waals surface area contributed by atoms with Gasteiger partial charge >= 0.3 is 0 Å². The van der Waals surface area contributed by atoms with Gasteiger partial charge in [-0.15, -0.1) is 0 Å². The first-order valence-electron chi connectivity index (χ1n) is 7.25. The summed E-state index contributed by atoms with van der Waals surface area (Å²) in [5.41, 5.74) is 2.97. The highest BCUT2D eigenvalue weighted by Crippen LogP contribution is 2.16. The summed E-state index contributed by atoms with van der Waals surface area (Å²) >= 11 is 0. The van der Waals surface area contributed by atoms with Gasteiger partial charge in [0.25, 0.3) is 0 Å². The third-order valence-electron chi connectivity index (χ3n) is 3.42. The number of aromatic hydroxyl groups is 1. The lowest BCUT2D eigenvalue weighted by molar-refractivity contribution is 0.103. The van der Waals surface area contributed by atoms with Gasteiger partial charge in [0.1, 0.15) is 5.75 Å². The molecule has 1 N–H and O–H groups in total. The summed E-state index contributed by atoms with van der Waals surface area (Å²) in [6, 6.07) is 23.2. The molecule has 3 aromatic carbocycles. The summed E-state index contributed by atoms with van der Waals surface area (Å²) in [6.45, 7) is 0. The Kier molecular flexibility index (Phi) is 4.29. The molecule has 3 aromatic rings. The summed E-state index contributed by atoms with van der Waals surface area (Å²) in [7, 11) is 0. The molecule has 0 aliphatic carbocycles. The molecule has 0 fully saturated rings. The monoisotopic (exact) mass is 301 g/mol. The van der Waals surface area contributed by atoms with Gasteiger partial charge in [-0.3, -0.25) is 9.79 Å². The molecule has 0 amide bonds. The number of carbonyl (C=O) groups excluding carboxylic acids is 1. The van der Waals surface area contributed by atoms with Crippen molar-refractivity contribution in [3.05, 3.63) is 95.6 Å². The van der Waals surface area contributed by atoms with Crippen LogP contribution in [0.4, 0.5) is 5.69 Å². The Morgan fingerprint density at radius 3 is 2.04 bits per heavy atom. The van der Waals surface area contributed by atoms with E-state index in [0.29, 0.717) is 11.1 Å². The fourth-order valence-electron chi connectivity index (χ4n) is 2.16. The van der Waals surface area contributed by atoms with E-state index >= 15 is 0 Å². The first-order chi connectivity index (χ1) is 11.2. The van der Waals surface area contributed by atoms with Crippen molar-refractivity contribution >= 4 is 17.7 Å². The van der Waals surface area contributed by atoms with Crippen LogP contribution in [-0.4, -0.2) is 17.1 Å². The van der Waals surface area contributed by atoms with Gasteiger partial charge in [-0.25, -0.2) is 0 Å². The van der Waals surface area contributed by atoms with Crippen molar-refractivity contribution in [1.82, 2.24) is 0 Å². The Hall–Kier alpha value is -3.20. The van der Waals surface area contributed by atoms with E-state index in [-0.39, 0.29) is 11.5 Å². The van der Waals surface area contributed by atoms with Gasteiger partial charge in [0, 0.05) is 17.3 Å². The van der Waals surface area contributed by atoms with Gasteiger partial charge in [-0.1, -0.05) is 30.3 Å². The van der Waals surface area contributed by atoms with Crippen LogP contribution in [-0.2, 0) is 0 Å². The average molecular weight is 301 g/mol. The van der Waals surface area contributed by atoms with Crippen molar-refractivity contribution in [2.45, 2.75) is 0 Å². The van der Waals surface area contributed by atoms with Crippen LogP contribution in [0.3, 0.4) is 0 Å². The van der Waals surface area contributed by atoms with Crippen LogP contribution in [0, 0.1) is 0 Å². The van der Waals surface area contributed by atoms with E-state index < -0.39 is 0 Å². The van der Waals surface area contributed by atoms with Gasteiger partial charge in [-0.2, -0.15) is 0 Å². The molecule has 112 valence electrons. The van der Waals surface area contributed by atoms with Gasteiger partial charge in [-0.05, 0) is 54.1 Å². The number of hydrogen-bond acceptors (Lipinski definition) is 3. The molecular weight excluding hydrogens is 286 g/mol. The van der Waals surface area contributed by atoms with Crippen molar-refractivity contribution in [2.75, 3.05) is 0 Å². The van der Waals surface area contributed by atoms with E-state index in [2.05, 4.69) is 4.99 Å². The number of hydrogen-bond donors (Lipinski definition) is 1. The Bertz CT molecular complexity index is 820. The molecule has 0 aliphatic heterocycles. The van der Waals surface area contributed by atoms with E-state index in [1.165, 1.54) is 0 Å². The van der Waals surface area contributed by atoms with Crippen LogP contribution in [0.25, 0.3) is 0 Å². The van der Waals surface area contributed by atoms with Crippen molar-refractivity contribution in [1.29, 1.82) is 0 Å². The Labute approximate surface area is 134 Å². The maximum Gasteiger partial charge on any atom is 0.193 e. The second kappa shape index (κ2) is 6.71. The highest BCUT2D eigenvalue weighted by atomic mass is 16.3. The minimum Gasteiger partial charge on any atom is -0.508 e. The van der Waals surface area contributed by atoms with E-state index in [4.69, 9.17) is 0 Å². The van der Waals surface area contributed by atoms with Crippen molar-refractivity contribution in [2.24, 2.45) is 4.99 Å². The highest BCUT2D eigenvalue weighted by Gasteiger charge is 2.07. The van der Waals surface area contributed by atoms with E-state index in [9.17, 15) is 9.90 Å². The molecule has 3 nitrogen and oxygen atoms in total. The molecule has 0 heterocycles. The van der Waals surface area contributed by atoms with Gasteiger partial charge < -0.3 is 5.11 Å². The quantitative estimate of drug-likeness (QED) is 0.574. The van der Waals surface area contributed by atoms with E-state index in [0.717, 1.165) is 11.3 Å². The molecule has 0 aliphatic rings. The Morgan fingerprint density at radius 2 is 1.39 bits per heavy atom. The number of aliphatic imine (C=N–C) groups is 1. The highest BCUT2D eigenvalue weighted by molar-refractivity contribution is 6.09. The zero-order valence-electron chi connectivity index (χ0n) is 12.4. The van der Waals surface area contributed by atoms with Crippen LogP contribution >= 0.6 is 0 Å². The molecule has 3 heteroatoms. The predicted molar refractivity (Wildman–Crippen MR) is 91.7 cm³/mol. The third kappa shape index (κ3) is 3.71. The summed E-state index contributed by atoms with van der Waals surface area (Å²) in [4.78, 5) is 16.7. The minimum atomic E-state index is -0.000311. The Balaban J connectivity index is 1.74. The number of phenols is 1. The normalized spacial score (nSPS) is 10.8. The van der Waals surface area contributed by atoms with Crippen LogP contribution in [0.15, 0.2) is 83.9 Å². The lowest BCUT2D eigenvalue weighted by Crippen LogP contribution is -2.00. The first-order valence-corrected chi connectivity index (χ1v) is 7.25. The number of nitrogens with zero attached hydrogens (tertiary/aromatic N) is 1. The van der Waals surface area contributed by atoms with Crippen LogP contribution in [0.5, 0.6) is 5.75 Å². The third-order valence-corrected chi connectivity index (χ3v) is 3.42. The SMILES string of the molecule is O=C(c1ccccc1)c1ccc(N=Cc2ccc(O)cc2)cc1. The van der Waals surface area contributed by atoms with Crippen LogP contribution in [0.1, 0.15) is 21.5 Å². The second-order valence-corrected chi connectivity index (χ2v) is 5.09. The van der Waals surface area contributed by atoms with Crippen molar-refractivity contribution < 1.29 is 9.90 Å². The van der Waals surface area contributed by atoms with Gasteiger partial charge in [0.15, 0.2) is 5.78 Å². The molecule has 0 aromatic heterocycles. The van der Waals surface area contributed by atoms with Crippen molar-refractivity contribution in [3.63, 3.8) is 0 Å². The molecule has 0 saturated carbocycles. The smallest absolute Gasteiger partial charge is 0.193 e. The summed E-state index contributed by atoms with van der Waals surface area (Å²) in [5, 5.41) is 9.24. The standard InChI is InChI=1S/C20H15NO2/c22-19-12-6-15(7-13-19)14-21-18-10-8-17(9-11-18)20(23)16-4-2-1-3-5-16/h1-14,22H. The molecule has 0 unspecified atom stereocenters. The molecule has 0 saturated heterocycles. The first kappa shape index (κ1) is 14.7. The number of rotatable bonds is 4. The zero-order chi connectivity index (χ0) is 16.1. The molecule has 0 atom stereocenters. The summed E-state index contributed by atoms with van der Waals surface area (Å²) < 4.78 is 0. The Morgan fingerprint density at radius 1 is 0.783 bits per heavy atom. The lowest BCUT2D eigenvalue weighted by Gasteiger charge is -2.01. The van der Waals surface area contributed by atoms with E-state index in [1.54, 1.807) is 54.7 Å². The molecule has 0 spiro atoms. The minimum absolute atomic E-state index is 0.000311. The largest absolute Gasteiger partial charge is 0.508 e. The van der Waals surface area contributed by atoms with Gasteiger partial charge in [0.05, 0.1) is 5.69 Å².